The summed E-state index contributed by atoms with van der Waals surface area (Å²) in [5.74, 6) is -2.74. The number of amides is 2. The van der Waals surface area contributed by atoms with Gasteiger partial charge in [0.2, 0.25) is 11.8 Å². The molecule has 3 atom stereocenters. The fourth-order valence-electron chi connectivity index (χ4n) is 5.10. The third-order valence-electron chi connectivity index (χ3n) is 7.51. The summed E-state index contributed by atoms with van der Waals surface area (Å²) in [7, 11) is 0. The van der Waals surface area contributed by atoms with Gasteiger partial charge in [0, 0.05) is 22.5 Å². The molecule has 1 aromatic heterocycles. The summed E-state index contributed by atoms with van der Waals surface area (Å²) in [5.41, 5.74) is -1.18. The van der Waals surface area contributed by atoms with E-state index in [-0.39, 0.29) is 42.5 Å². The Kier molecular flexibility index (Phi) is 7.97. The second-order valence-electron chi connectivity index (χ2n) is 10.1. The Morgan fingerprint density at radius 2 is 1.87 bits per heavy atom. The molecule has 11 heteroatoms. The van der Waals surface area contributed by atoms with Gasteiger partial charge in [-0.25, -0.2) is 4.79 Å². The van der Waals surface area contributed by atoms with Crippen LogP contribution in [0.5, 0.6) is 0 Å². The zero-order valence-corrected chi connectivity index (χ0v) is 22.2. The van der Waals surface area contributed by atoms with Crippen molar-refractivity contribution in [2.45, 2.75) is 63.7 Å². The van der Waals surface area contributed by atoms with Crippen LogP contribution in [0.2, 0.25) is 5.02 Å². The lowest BCUT2D eigenvalue weighted by molar-refractivity contribution is -0.149. The first-order chi connectivity index (χ1) is 18.4. The highest BCUT2D eigenvalue weighted by Crippen LogP contribution is 2.40. The van der Waals surface area contributed by atoms with Gasteiger partial charge in [-0.2, -0.15) is 13.2 Å². The van der Waals surface area contributed by atoms with E-state index in [0.29, 0.717) is 28.3 Å². The quantitative estimate of drug-likeness (QED) is 0.308. The molecule has 0 bridgehead atoms. The lowest BCUT2D eigenvalue weighted by Crippen LogP contribution is -2.62. The van der Waals surface area contributed by atoms with E-state index in [0.717, 1.165) is 6.07 Å². The minimum atomic E-state index is -4.59. The third-order valence-corrected chi connectivity index (χ3v) is 7.88. The highest BCUT2D eigenvalue weighted by Gasteiger charge is 2.46. The molecule has 0 saturated heterocycles. The number of para-hydroxylation sites is 1. The molecule has 1 heterocycles. The standard InChI is InChI=1S/C28H29ClF3N3O4/c1-3-15(2)23(34-22(36)13-16-7-4-5-10-20(16)29)25(37)35-27(26(38)39)12-11-21-18(14-27)17-8-6-9-19(24(17)33-21)28(30,31)32/h4-10,15,23,33H,3,11-14H2,1-2H3,(H,34,36)(H,35,37)(H,38,39)/t15?,23-,27+/m0/s1. The number of carbonyl (C=O) groups is 3. The van der Waals surface area contributed by atoms with Gasteiger partial charge in [0.05, 0.1) is 17.5 Å². The Hall–Kier alpha value is -3.53. The van der Waals surface area contributed by atoms with E-state index in [4.69, 9.17) is 11.6 Å². The molecule has 1 aliphatic carbocycles. The Balaban J connectivity index is 1.60. The smallest absolute Gasteiger partial charge is 0.418 e. The van der Waals surface area contributed by atoms with E-state index in [2.05, 4.69) is 15.6 Å². The molecule has 0 spiro atoms. The molecule has 3 aromatic rings. The van der Waals surface area contributed by atoms with Crippen molar-refractivity contribution in [1.82, 2.24) is 15.6 Å². The molecule has 1 aliphatic rings. The van der Waals surface area contributed by atoms with Gasteiger partial charge in [0.15, 0.2) is 0 Å². The molecule has 0 radical (unpaired) electrons. The number of halogens is 4. The molecule has 4 N–H and O–H groups in total. The van der Waals surface area contributed by atoms with Gasteiger partial charge in [-0.3, -0.25) is 9.59 Å². The number of hydrogen-bond donors (Lipinski definition) is 4. The molecular weight excluding hydrogens is 535 g/mol. The van der Waals surface area contributed by atoms with Crippen molar-refractivity contribution in [2.24, 2.45) is 5.92 Å². The number of aromatic amines is 1. The number of aliphatic carboxylic acids is 1. The third kappa shape index (κ3) is 5.75. The number of alkyl halides is 3. The van der Waals surface area contributed by atoms with Crippen LogP contribution in [0.3, 0.4) is 0 Å². The number of rotatable bonds is 8. The highest BCUT2D eigenvalue weighted by atomic mass is 35.5. The molecule has 2 amide bonds. The van der Waals surface area contributed by atoms with Gasteiger partial charge < -0.3 is 20.7 Å². The molecule has 208 valence electrons. The molecule has 1 unspecified atom stereocenters. The Labute approximate surface area is 228 Å². The second-order valence-corrected chi connectivity index (χ2v) is 10.5. The molecule has 39 heavy (non-hydrogen) atoms. The number of aromatic nitrogens is 1. The first kappa shape index (κ1) is 28.5. The van der Waals surface area contributed by atoms with Crippen LogP contribution >= 0.6 is 11.6 Å². The molecule has 4 rings (SSSR count). The van der Waals surface area contributed by atoms with Crippen LogP contribution in [-0.2, 0) is 39.8 Å². The van der Waals surface area contributed by atoms with Gasteiger partial charge in [0.25, 0.3) is 0 Å². The van der Waals surface area contributed by atoms with E-state index in [1.165, 1.54) is 12.1 Å². The minimum absolute atomic E-state index is 0.0317. The van der Waals surface area contributed by atoms with E-state index in [1.54, 1.807) is 31.2 Å². The van der Waals surface area contributed by atoms with Crippen LogP contribution in [0.25, 0.3) is 10.9 Å². The van der Waals surface area contributed by atoms with E-state index in [9.17, 15) is 32.7 Å². The molecule has 7 nitrogen and oxygen atoms in total. The van der Waals surface area contributed by atoms with Crippen molar-refractivity contribution in [3.63, 3.8) is 0 Å². The van der Waals surface area contributed by atoms with Crippen molar-refractivity contribution >= 4 is 40.3 Å². The van der Waals surface area contributed by atoms with E-state index in [1.807, 2.05) is 6.92 Å². The summed E-state index contributed by atoms with van der Waals surface area (Å²) < 4.78 is 40.8. The number of aryl methyl sites for hydroxylation is 1. The minimum Gasteiger partial charge on any atom is -0.479 e. The largest absolute Gasteiger partial charge is 0.479 e. The number of H-pyrrole nitrogens is 1. The first-order valence-corrected chi connectivity index (χ1v) is 13.0. The zero-order valence-electron chi connectivity index (χ0n) is 21.4. The molecule has 2 aromatic carbocycles. The average Bonchev–Trinajstić information content (AvgIpc) is 3.25. The van der Waals surface area contributed by atoms with Gasteiger partial charge >= 0.3 is 12.1 Å². The number of nitrogens with one attached hydrogen (secondary N) is 3. The molecular formula is C28H29ClF3N3O4. The fraction of sp³-hybridized carbons (Fsp3) is 0.393. The summed E-state index contributed by atoms with van der Waals surface area (Å²) in [5, 5.41) is 16.3. The predicted octanol–water partition coefficient (Wildman–Crippen LogP) is 5.04. The molecule has 0 aliphatic heterocycles. The monoisotopic (exact) mass is 563 g/mol. The van der Waals surface area contributed by atoms with E-state index < -0.39 is 41.1 Å². The predicted molar refractivity (Wildman–Crippen MR) is 140 cm³/mol. The van der Waals surface area contributed by atoms with Crippen LogP contribution in [0, 0.1) is 5.92 Å². The number of fused-ring (bicyclic) bond motifs is 3. The lowest BCUT2D eigenvalue weighted by Gasteiger charge is -2.36. The number of hydrogen-bond acceptors (Lipinski definition) is 3. The van der Waals surface area contributed by atoms with Crippen LogP contribution in [0.4, 0.5) is 13.2 Å². The van der Waals surface area contributed by atoms with Crippen LogP contribution in [0.15, 0.2) is 42.5 Å². The fourth-order valence-corrected chi connectivity index (χ4v) is 5.31. The van der Waals surface area contributed by atoms with Crippen molar-refractivity contribution in [1.29, 1.82) is 0 Å². The summed E-state index contributed by atoms with van der Waals surface area (Å²) in [4.78, 5) is 41.7. The number of carboxylic acid groups (broad SMARTS) is 1. The Morgan fingerprint density at radius 3 is 2.51 bits per heavy atom. The van der Waals surface area contributed by atoms with Gasteiger partial charge in [-0.15, -0.1) is 0 Å². The highest BCUT2D eigenvalue weighted by molar-refractivity contribution is 6.31. The van der Waals surface area contributed by atoms with Crippen LogP contribution in [-0.4, -0.2) is 39.5 Å². The van der Waals surface area contributed by atoms with Crippen LogP contribution < -0.4 is 10.6 Å². The number of carbonyl (C=O) groups excluding carboxylic acids is 2. The summed E-state index contributed by atoms with van der Waals surface area (Å²) in [6.45, 7) is 3.61. The van der Waals surface area contributed by atoms with Crippen LogP contribution in [0.1, 0.15) is 49.1 Å². The van der Waals surface area contributed by atoms with Gasteiger partial charge in [-0.05, 0) is 42.0 Å². The normalized spacial score (nSPS) is 18.7. The van der Waals surface area contributed by atoms with E-state index >= 15 is 0 Å². The van der Waals surface area contributed by atoms with Crippen molar-refractivity contribution in [3.05, 3.63) is 69.9 Å². The number of carboxylic acids is 1. The first-order valence-electron chi connectivity index (χ1n) is 12.6. The SMILES string of the molecule is CCC(C)[C@H](NC(=O)Cc1ccccc1Cl)C(=O)N[C@]1(C(=O)O)CCc2[nH]c3c(C(F)(F)F)cccc3c2C1. The summed E-state index contributed by atoms with van der Waals surface area (Å²) in [6.07, 6.45) is -4.24. The zero-order chi connectivity index (χ0) is 28.5. The second kappa shape index (κ2) is 10.9. The van der Waals surface area contributed by atoms with Gasteiger partial charge in [-0.1, -0.05) is 62.2 Å². The molecule has 0 saturated carbocycles. The number of benzene rings is 2. The van der Waals surface area contributed by atoms with Crippen molar-refractivity contribution < 1.29 is 32.7 Å². The maximum absolute atomic E-state index is 13.6. The summed E-state index contributed by atoms with van der Waals surface area (Å²) in [6, 6.07) is 9.56. The Morgan fingerprint density at radius 1 is 1.15 bits per heavy atom. The maximum atomic E-state index is 13.6. The van der Waals surface area contributed by atoms with Crippen molar-refractivity contribution in [3.8, 4) is 0 Å². The van der Waals surface area contributed by atoms with Crippen molar-refractivity contribution in [2.75, 3.05) is 0 Å². The Bertz CT molecular complexity index is 1420. The maximum Gasteiger partial charge on any atom is 0.418 e. The lowest BCUT2D eigenvalue weighted by atomic mass is 9.79. The average molecular weight is 564 g/mol. The van der Waals surface area contributed by atoms with Gasteiger partial charge in [0.1, 0.15) is 11.6 Å². The topological polar surface area (TPSA) is 111 Å². The molecule has 0 fully saturated rings. The summed E-state index contributed by atoms with van der Waals surface area (Å²) >= 11 is 6.16.